The smallest absolute Gasteiger partial charge is 0.341 e. The summed E-state index contributed by atoms with van der Waals surface area (Å²) < 4.78 is 36.5. The van der Waals surface area contributed by atoms with E-state index < -0.39 is 18.1 Å². The zero-order valence-electron chi connectivity index (χ0n) is 9.25. The molecular formula is C12H10F3NO2. The third kappa shape index (κ3) is 2.37. The number of Topliss-reactive ketones (excluding diaryl/α,β-unsaturated/α-hetero) is 1. The predicted molar refractivity (Wildman–Crippen MR) is 56.9 cm³/mol. The number of hydrogen-bond acceptors (Lipinski definition) is 2. The van der Waals surface area contributed by atoms with Crippen molar-refractivity contribution in [3.63, 3.8) is 0 Å². The Hall–Kier alpha value is -1.85. The van der Waals surface area contributed by atoms with Crippen molar-refractivity contribution < 1.29 is 22.8 Å². The van der Waals surface area contributed by atoms with Crippen LogP contribution in [0.15, 0.2) is 24.3 Å². The minimum absolute atomic E-state index is 0.108. The summed E-state index contributed by atoms with van der Waals surface area (Å²) in [5.74, 6) is -2.08. The molecule has 0 saturated carbocycles. The van der Waals surface area contributed by atoms with Crippen molar-refractivity contribution in [1.29, 1.82) is 0 Å². The molecule has 0 unspecified atom stereocenters. The molecule has 1 aromatic carbocycles. The van der Waals surface area contributed by atoms with Gasteiger partial charge in [0.05, 0.1) is 6.04 Å². The zero-order valence-corrected chi connectivity index (χ0v) is 9.25. The van der Waals surface area contributed by atoms with Crippen molar-refractivity contribution in [2.45, 2.75) is 25.1 Å². The first-order valence-electron chi connectivity index (χ1n) is 5.39. The van der Waals surface area contributed by atoms with E-state index in [1.165, 1.54) is 0 Å². The van der Waals surface area contributed by atoms with Gasteiger partial charge in [-0.25, -0.2) is 0 Å². The van der Waals surface area contributed by atoms with Crippen LogP contribution in [0.5, 0.6) is 0 Å². The lowest BCUT2D eigenvalue weighted by molar-refractivity contribution is -0.174. The monoisotopic (exact) mass is 257 g/mol. The largest absolute Gasteiger partial charge is 0.471 e. The molecule has 1 aliphatic rings. The van der Waals surface area contributed by atoms with E-state index in [1.54, 1.807) is 24.3 Å². The van der Waals surface area contributed by atoms with Crippen LogP contribution in [-0.4, -0.2) is 17.9 Å². The van der Waals surface area contributed by atoms with Gasteiger partial charge in [-0.1, -0.05) is 24.3 Å². The van der Waals surface area contributed by atoms with Gasteiger partial charge in [0.15, 0.2) is 5.78 Å². The van der Waals surface area contributed by atoms with Crippen LogP contribution in [0, 0.1) is 0 Å². The summed E-state index contributed by atoms with van der Waals surface area (Å²) in [6.45, 7) is 0. The van der Waals surface area contributed by atoms with Gasteiger partial charge in [-0.05, 0) is 12.0 Å². The van der Waals surface area contributed by atoms with E-state index in [-0.39, 0.29) is 18.6 Å². The molecular weight excluding hydrogens is 247 g/mol. The lowest BCUT2D eigenvalue weighted by Gasteiger charge is -2.25. The molecule has 0 radical (unpaired) electrons. The summed E-state index contributed by atoms with van der Waals surface area (Å²) in [4.78, 5) is 22.5. The molecule has 0 heterocycles. The highest BCUT2D eigenvalue weighted by Gasteiger charge is 2.40. The summed E-state index contributed by atoms with van der Waals surface area (Å²) in [7, 11) is 0. The summed E-state index contributed by atoms with van der Waals surface area (Å²) in [6, 6.07) is 5.64. The minimum atomic E-state index is -4.91. The first-order valence-corrected chi connectivity index (χ1v) is 5.39. The predicted octanol–water partition coefficient (Wildman–Crippen LogP) is 2.38. The van der Waals surface area contributed by atoms with E-state index in [0.717, 1.165) is 0 Å². The zero-order chi connectivity index (χ0) is 13.3. The summed E-state index contributed by atoms with van der Waals surface area (Å²) in [5, 5.41) is 1.92. The second-order valence-corrected chi connectivity index (χ2v) is 4.07. The highest BCUT2D eigenvalue weighted by Crippen LogP contribution is 2.30. The van der Waals surface area contributed by atoms with Crippen LogP contribution >= 0.6 is 0 Å². The van der Waals surface area contributed by atoms with Gasteiger partial charge in [0.1, 0.15) is 0 Å². The van der Waals surface area contributed by atoms with E-state index in [2.05, 4.69) is 0 Å². The Bertz CT molecular complexity index is 496. The van der Waals surface area contributed by atoms with Crippen molar-refractivity contribution in [3.8, 4) is 0 Å². The van der Waals surface area contributed by atoms with Gasteiger partial charge in [0.25, 0.3) is 0 Å². The van der Waals surface area contributed by atoms with Crippen LogP contribution in [0.1, 0.15) is 34.8 Å². The van der Waals surface area contributed by atoms with E-state index in [4.69, 9.17) is 0 Å². The van der Waals surface area contributed by atoms with Gasteiger partial charge in [-0.2, -0.15) is 13.2 Å². The first-order chi connectivity index (χ1) is 8.39. The SMILES string of the molecule is O=C1CC[C@H](NC(=O)C(F)(F)F)c2ccccc21. The van der Waals surface area contributed by atoms with Crippen LogP contribution in [0.4, 0.5) is 13.2 Å². The van der Waals surface area contributed by atoms with Crippen LogP contribution in [-0.2, 0) is 4.79 Å². The number of carbonyl (C=O) groups is 2. The highest BCUT2D eigenvalue weighted by atomic mass is 19.4. The minimum Gasteiger partial charge on any atom is -0.341 e. The summed E-state index contributed by atoms with van der Waals surface area (Å²) in [5.41, 5.74) is 0.836. The molecule has 0 saturated heterocycles. The lowest BCUT2D eigenvalue weighted by Crippen LogP contribution is -2.40. The summed E-state index contributed by atoms with van der Waals surface area (Å²) >= 11 is 0. The molecule has 0 bridgehead atoms. The van der Waals surface area contributed by atoms with Crippen LogP contribution in [0.25, 0.3) is 0 Å². The number of alkyl halides is 3. The topological polar surface area (TPSA) is 46.2 Å². The van der Waals surface area contributed by atoms with Crippen molar-refractivity contribution in [1.82, 2.24) is 5.32 Å². The Morgan fingerprint density at radius 2 is 1.94 bits per heavy atom. The molecule has 1 amide bonds. The Labute approximate surface area is 101 Å². The van der Waals surface area contributed by atoms with E-state index >= 15 is 0 Å². The van der Waals surface area contributed by atoms with Crippen molar-refractivity contribution in [2.24, 2.45) is 0 Å². The third-order valence-corrected chi connectivity index (χ3v) is 2.86. The number of fused-ring (bicyclic) bond motifs is 1. The van der Waals surface area contributed by atoms with Crippen LogP contribution in [0.2, 0.25) is 0 Å². The molecule has 1 N–H and O–H groups in total. The second-order valence-electron chi connectivity index (χ2n) is 4.07. The standard InChI is InChI=1S/C12H10F3NO2/c13-12(14,15)11(18)16-9-5-6-10(17)8-4-2-1-3-7(8)9/h1-4,9H,5-6H2,(H,16,18)/t9-/m0/s1. The van der Waals surface area contributed by atoms with Gasteiger partial charge in [-0.3, -0.25) is 9.59 Å². The van der Waals surface area contributed by atoms with Gasteiger partial charge in [0.2, 0.25) is 0 Å². The van der Waals surface area contributed by atoms with E-state index in [9.17, 15) is 22.8 Å². The first kappa shape index (κ1) is 12.6. The maximum absolute atomic E-state index is 12.2. The van der Waals surface area contributed by atoms with Crippen molar-refractivity contribution in [3.05, 3.63) is 35.4 Å². The molecule has 0 fully saturated rings. The van der Waals surface area contributed by atoms with Gasteiger partial charge in [0, 0.05) is 12.0 Å². The Kier molecular flexibility index (Phi) is 3.11. The molecule has 2 rings (SSSR count). The van der Waals surface area contributed by atoms with Crippen LogP contribution < -0.4 is 5.32 Å². The maximum atomic E-state index is 12.2. The number of benzene rings is 1. The molecule has 1 aromatic rings. The van der Waals surface area contributed by atoms with Crippen molar-refractivity contribution in [2.75, 3.05) is 0 Å². The molecule has 0 aliphatic heterocycles. The molecule has 0 spiro atoms. The Morgan fingerprint density at radius 3 is 2.61 bits per heavy atom. The molecule has 96 valence electrons. The van der Waals surface area contributed by atoms with Crippen molar-refractivity contribution >= 4 is 11.7 Å². The fraction of sp³-hybridized carbons (Fsp3) is 0.333. The molecule has 0 aromatic heterocycles. The lowest BCUT2D eigenvalue weighted by atomic mass is 9.87. The number of carbonyl (C=O) groups excluding carboxylic acids is 2. The molecule has 3 nitrogen and oxygen atoms in total. The molecule has 1 atom stereocenters. The number of nitrogens with one attached hydrogen (secondary N) is 1. The third-order valence-electron chi connectivity index (χ3n) is 2.86. The quantitative estimate of drug-likeness (QED) is 0.839. The maximum Gasteiger partial charge on any atom is 0.471 e. The van der Waals surface area contributed by atoms with E-state index in [1.807, 2.05) is 5.32 Å². The van der Waals surface area contributed by atoms with Gasteiger partial charge in [-0.15, -0.1) is 0 Å². The number of rotatable bonds is 1. The fourth-order valence-electron chi connectivity index (χ4n) is 2.01. The average molecular weight is 257 g/mol. The Balaban J connectivity index is 2.25. The highest BCUT2D eigenvalue weighted by molar-refractivity contribution is 5.99. The number of hydrogen-bond donors (Lipinski definition) is 1. The molecule has 18 heavy (non-hydrogen) atoms. The second kappa shape index (κ2) is 4.44. The summed E-state index contributed by atoms with van der Waals surface area (Å²) in [6.07, 6.45) is -4.58. The molecule has 1 aliphatic carbocycles. The fourth-order valence-corrected chi connectivity index (χ4v) is 2.01. The molecule has 6 heteroatoms. The number of halogens is 3. The normalized spacial score (nSPS) is 19.3. The Morgan fingerprint density at radius 1 is 1.28 bits per heavy atom. The van der Waals surface area contributed by atoms with E-state index in [0.29, 0.717) is 11.1 Å². The van der Waals surface area contributed by atoms with Crippen LogP contribution in [0.3, 0.4) is 0 Å². The average Bonchev–Trinajstić information content (AvgIpc) is 2.32. The van der Waals surface area contributed by atoms with Gasteiger partial charge < -0.3 is 5.32 Å². The van der Waals surface area contributed by atoms with Gasteiger partial charge >= 0.3 is 12.1 Å². The number of ketones is 1. The number of amides is 1.